The lowest BCUT2D eigenvalue weighted by atomic mass is 10.2. The third kappa shape index (κ3) is 7.80. The van der Waals surface area contributed by atoms with E-state index in [1.807, 2.05) is 29.2 Å². The second-order valence-electron chi connectivity index (χ2n) is 6.94. The van der Waals surface area contributed by atoms with E-state index >= 15 is 0 Å². The van der Waals surface area contributed by atoms with Crippen molar-refractivity contribution in [1.29, 1.82) is 0 Å². The molecule has 4 nitrogen and oxygen atoms in total. The van der Waals surface area contributed by atoms with E-state index in [4.69, 9.17) is 4.74 Å². The van der Waals surface area contributed by atoms with E-state index in [0.717, 1.165) is 50.4 Å². The number of hydrogen-bond donors (Lipinski definition) is 1. The molecule has 1 fully saturated rings. The Morgan fingerprint density at radius 1 is 1.00 bits per heavy atom. The first-order valence-electron chi connectivity index (χ1n) is 10.0. The maximum absolute atomic E-state index is 12.3. The van der Waals surface area contributed by atoms with Crippen LogP contribution in [-0.2, 0) is 4.79 Å². The molecule has 0 spiro atoms. The molecule has 1 saturated heterocycles. The van der Waals surface area contributed by atoms with Gasteiger partial charge in [0.15, 0.2) is 0 Å². The Balaban J connectivity index is 1.64. The SMILES string of the molecule is CCCCCCCOc1ccc(NCC(=O)N2CCCCCC2)cc1. The van der Waals surface area contributed by atoms with Crippen molar-refractivity contribution in [1.82, 2.24) is 4.90 Å². The molecule has 0 aromatic heterocycles. The van der Waals surface area contributed by atoms with Gasteiger partial charge in [-0.15, -0.1) is 0 Å². The summed E-state index contributed by atoms with van der Waals surface area (Å²) < 4.78 is 5.77. The van der Waals surface area contributed by atoms with Crippen LogP contribution in [0.4, 0.5) is 5.69 Å². The Hall–Kier alpha value is -1.71. The van der Waals surface area contributed by atoms with E-state index in [-0.39, 0.29) is 5.91 Å². The fourth-order valence-corrected chi connectivity index (χ4v) is 3.17. The van der Waals surface area contributed by atoms with Crippen LogP contribution >= 0.6 is 0 Å². The zero-order chi connectivity index (χ0) is 17.7. The molecule has 0 atom stereocenters. The van der Waals surface area contributed by atoms with Gasteiger partial charge in [0.2, 0.25) is 5.91 Å². The molecule has 25 heavy (non-hydrogen) atoms. The van der Waals surface area contributed by atoms with Gasteiger partial charge in [-0.3, -0.25) is 4.79 Å². The van der Waals surface area contributed by atoms with Gasteiger partial charge in [0.1, 0.15) is 5.75 Å². The van der Waals surface area contributed by atoms with E-state index in [9.17, 15) is 4.79 Å². The largest absolute Gasteiger partial charge is 0.494 e. The van der Waals surface area contributed by atoms with Crippen molar-refractivity contribution in [2.45, 2.75) is 64.7 Å². The van der Waals surface area contributed by atoms with Gasteiger partial charge < -0.3 is 15.0 Å². The predicted octanol–water partition coefficient (Wildman–Crippen LogP) is 4.85. The highest BCUT2D eigenvalue weighted by molar-refractivity contribution is 5.80. The first-order valence-corrected chi connectivity index (χ1v) is 10.0. The molecule has 2 rings (SSSR count). The molecular weight excluding hydrogens is 312 g/mol. The van der Waals surface area contributed by atoms with Gasteiger partial charge in [-0.1, -0.05) is 45.4 Å². The van der Waals surface area contributed by atoms with E-state index in [0.29, 0.717) is 6.54 Å². The molecule has 1 amide bonds. The van der Waals surface area contributed by atoms with Gasteiger partial charge >= 0.3 is 0 Å². The number of benzene rings is 1. The Morgan fingerprint density at radius 2 is 1.68 bits per heavy atom. The van der Waals surface area contributed by atoms with Crippen LogP contribution in [0, 0.1) is 0 Å². The van der Waals surface area contributed by atoms with E-state index in [1.165, 1.54) is 38.5 Å². The fourth-order valence-electron chi connectivity index (χ4n) is 3.17. The van der Waals surface area contributed by atoms with Crippen molar-refractivity contribution in [2.24, 2.45) is 0 Å². The lowest BCUT2D eigenvalue weighted by molar-refractivity contribution is -0.129. The molecule has 1 aliphatic rings. The molecule has 1 aromatic carbocycles. The first kappa shape index (κ1) is 19.6. The number of rotatable bonds is 10. The molecule has 1 N–H and O–H groups in total. The molecule has 4 heteroatoms. The van der Waals surface area contributed by atoms with Crippen LogP contribution < -0.4 is 10.1 Å². The topological polar surface area (TPSA) is 41.6 Å². The molecular formula is C21H34N2O2. The number of likely N-dealkylation sites (tertiary alicyclic amines) is 1. The number of ether oxygens (including phenoxy) is 1. The van der Waals surface area contributed by atoms with Crippen molar-refractivity contribution >= 4 is 11.6 Å². The van der Waals surface area contributed by atoms with E-state index < -0.39 is 0 Å². The lowest BCUT2D eigenvalue weighted by Gasteiger charge is -2.20. The van der Waals surface area contributed by atoms with Gasteiger partial charge in [-0.05, 0) is 43.5 Å². The number of anilines is 1. The first-order chi connectivity index (χ1) is 12.3. The summed E-state index contributed by atoms with van der Waals surface area (Å²) in [7, 11) is 0. The highest BCUT2D eigenvalue weighted by atomic mass is 16.5. The lowest BCUT2D eigenvalue weighted by Crippen LogP contribution is -2.36. The summed E-state index contributed by atoms with van der Waals surface area (Å²) in [4.78, 5) is 14.3. The number of nitrogens with one attached hydrogen (secondary N) is 1. The molecule has 1 heterocycles. The van der Waals surface area contributed by atoms with Gasteiger partial charge in [-0.25, -0.2) is 0 Å². The van der Waals surface area contributed by atoms with Crippen molar-refractivity contribution in [2.75, 3.05) is 31.6 Å². The normalized spacial score (nSPS) is 14.8. The summed E-state index contributed by atoms with van der Waals surface area (Å²) >= 11 is 0. The van der Waals surface area contributed by atoms with Crippen LogP contribution in [0.5, 0.6) is 5.75 Å². The average molecular weight is 347 g/mol. The van der Waals surface area contributed by atoms with E-state index in [2.05, 4.69) is 12.2 Å². The summed E-state index contributed by atoms with van der Waals surface area (Å²) in [5.74, 6) is 1.11. The Kier molecular flexibility index (Phi) is 9.24. The number of carbonyl (C=O) groups is 1. The van der Waals surface area contributed by atoms with Crippen molar-refractivity contribution in [3.8, 4) is 5.75 Å². The zero-order valence-corrected chi connectivity index (χ0v) is 15.8. The maximum Gasteiger partial charge on any atom is 0.241 e. The summed E-state index contributed by atoms with van der Waals surface area (Å²) in [6, 6.07) is 7.93. The van der Waals surface area contributed by atoms with Crippen LogP contribution in [0.1, 0.15) is 64.7 Å². The Bertz CT molecular complexity index is 479. The predicted molar refractivity (Wildman–Crippen MR) is 104 cm³/mol. The summed E-state index contributed by atoms with van der Waals surface area (Å²) in [6.45, 7) is 5.20. The highest BCUT2D eigenvalue weighted by Gasteiger charge is 2.14. The fraction of sp³-hybridized carbons (Fsp3) is 0.667. The Morgan fingerprint density at radius 3 is 2.36 bits per heavy atom. The molecule has 0 radical (unpaired) electrons. The molecule has 1 aliphatic heterocycles. The number of amides is 1. The number of hydrogen-bond acceptors (Lipinski definition) is 3. The minimum absolute atomic E-state index is 0.203. The Labute approximate surface area is 152 Å². The third-order valence-corrected chi connectivity index (χ3v) is 4.77. The summed E-state index contributed by atoms with van der Waals surface area (Å²) in [5, 5.41) is 3.23. The molecule has 0 aliphatic carbocycles. The van der Waals surface area contributed by atoms with Crippen molar-refractivity contribution < 1.29 is 9.53 Å². The average Bonchev–Trinajstić information content (AvgIpc) is 2.93. The smallest absolute Gasteiger partial charge is 0.241 e. The summed E-state index contributed by atoms with van der Waals surface area (Å²) in [6.07, 6.45) is 11.0. The van der Waals surface area contributed by atoms with Crippen LogP contribution in [0.15, 0.2) is 24.3 Å². The van der Waals surface area contributed by atoms with Crippen LogP contribution in [-0.4, -0.2) is 37.0 Å². The standard InChI is InChI=1S/C21H34N2O2/c1-2-3-4-7-10-17-25-20-13-11-19(12-14-20)22-18-21(24)23-15-8-5-6-9-16-23/h11-14,22H,2-10,15-18H2,1H3. The summed E-state index contributed by atoms with van der Waals surface area (Å²) in [5.41, 5.74) is 0.971. The molecule has 0 unspecified atom stereocenters. The van der Waals surface area contributed by atoms with Crippen LogP contribution in [0.3, 0.4) is 0 Å². The zero-order valence-electron chi connectivity index (χ0n) is 15.8. The van der Waals surface area contributed by atoms with Crippen LogP contribution in [0.25, 0.3) is 0 Å². The second kappa shape index (κ2) is 11.8. The molecule has 140 valence electrons. The molecule has 0 bridgehead atoms. The van der Waals surface area contributed by atoms with Crippen LogP contribution in [0.2, 0.25) is 0 Å². The van der Waals surface area contributed by atoms with Crippen molar-refractivity contribution in [3.63, 3.8) is 0 Å². The molecule has 1 aromatic rings. The van der Waals surface area contributed by atoms with Gasteiger partial charge in [0.25, 0.3) is 0 Å². The number of nitrogens with zero attached hydrogens (tertiary/aromatic N) is 1. The van der Waals surface area contributed by atoms with Gasteiger partial charge in [-0.2, -0.15) is 0 Å². The minimum atomic E-state index is 0.203. The van der Waals surface area contributed by atoms with Crippen molar-refractivity contribution in [3.05, 3.63) is 24.3 Å². The third-order valence-electron chi connectivity index (χ3n) is 4.77. The highest BCUT2D eigenvalue weighted by Crippen LogP contribution is 2.16. The van der Waals surface area contributed by atoms with Gasteiger partial charge in [0, 0.05) is 18.8 Å². The van der Waals surface area contributed by atoms with Gasteiger partial charge in [0.05, 0.1) is 13.2 Å². The monoisotopic (exact) mass is 346 g/mol. The maximum atomic E-state index is 12.3. The minimum Gasteiger partial charge on any atom is -0.494 e. The van der Waals surface area contributed by atoms with E-state index in [1.54, 1.807) is 0 Å². The molecule has 0 saturated carbocycles. The quantitative estimate of drug-likeness (QED) is 0.616. The number of unbranched alkanes of at least 4 members (excludes halogenated alkanes) is 4. The second-order valence-corrected chi connectivity index (χ2v) is 6.94. The number of carbonyl (C=O) groups excluding carboxylic acids is 1.